The van der Waals surface area contributed by atoms with Crippen LogP contribution < -0.4 is 4.40 Å². The number of aromatic nitrogens is 5. The summed E-state index contributed by atoms with van der Waals surface area (Å²) in [7, 11) is 0. The van der Waals surface area contributed by atoms with Gasteiger partial charge in [-0.15, -0.1) is 0 Å². The minimum atomic E-state index is 0.631. The standard InChI is InChI=1S/C43H28N5/c1-3-13-29(14-4-1)30-22-24-31(25-23-30)42-45-43(44-39-21-11-12-28-46(39)42)48-38-20-10-8-18-34(38)36-27-26-35-33-17-7-9-19-37(33)47(40(35)41(36)48)32-15-5-2-6-16-32/h1-28H/q+1. The summed E-state index contributed by atoms with van der Waals surface area (Å²) < 4.78 is 6.73. The molecule has 0 fully saturated rings. The highest BCUT2D eigenvalue weighted by atomic mass is 15.2. The maximum Gasteiger partial charge on any atom is 0.387 e. The van der Waals surface area contributed by atoms with Gasteiger partial charge in [-0.25, -0.2) is 4.57 Å². The minimum Gasteiger partial charge on any atom is -0.307 e. The van der Waals surface area contributed by atoms with Gasteiger partial charge in [0.25, 0.3) is 11.5 Å². The third kappa shape index (κ3) is 3.94. The van der Waals surface area contributed by atoms with Crippen LogP contribution in [0.5, 0.6) is 0 Å². The van der Waals surface area contributed by atoms with Crippen LogP contribution in [-0.4, -0.2) is 19.1 Å². The monoisotopic (exact) mass is 614 g/mol. The SMILES string of the molecule is c1ccc(-c2ccc(-c3nc(-n4c5ccccc5c5ccc6c7ccccc7n(-c7ccccc7)c6c54)nc4cccc[n+]34)cc2)cc1. The van der Waals surface area contributed by atoms with Crippen molar-refractivity contribution in [1.82, 2.24) is 19.1 Å². The van der Waals surface area contributed by atoms with Crippen molar-refractivity contribution >= 4 is 49.3 Å². The molecule has 224 valence electrons. The molecule has 0 saturated carbocycles. The van der Waals surface area contributed by atoms with Crippen LogP contribution in [0.25, 0.3) is 83.4 Å². The maximum absolute atomic E-state index is 5.38. The molecule has 0 aliphatic rings. The van der Waals surface area contributed by atoms with Crippen molar-refractivity contribution in [2.45, 2.75) is 0 Å². The van der Waals surface area contributed by atoms with Crippen molar-refractivity contribution in [2.24, 2.45) is 0 Å². The van der Waals surface area contributed by atoms with Crippen LogP contribution in [0.4, 0.5) is 0 Å². The molecule has 4 aromatic heterocycles. The van der Waals surface area contributed by atoms with E-state index in [-0.39, 0.29) is 0 Å². The first-order valence-electron chi connectivity index (χ1n) is 16.2. The van der Waals surface area contributed by atoms with Gasteiger partial charge in [-0.05, 0) is 63.6 Å². The summed E-state index contributed by atoms with van der Waals surface area (Å²) in [4.78, 5) is 10.6. The molecule has 0 unspecified atom stereocenters. The van der Waals surface area contributed by atoms with Crippen LogP contribution in [0, 0.1) is 0 Å². The summed E-state index contributed by atoms with van der Waals surface area (Å²) >= 11 is 0. The largest absolute Gasteiger partial charge is 0.387 e. The second-order valence-electron chi connectivity index (χ2n) is 12.1. The molecular formula is C43H28N5+. The smallest absolute Gasteiger partial charge is 0.307 e. The molecule has 0 amide bonds. The summed E-state index contributed by atoms with van der Waals surface area (Å²) in [6, 6.07) is 57.7. The molecule has 10 rings (SSSR count). The molecule has 0 atom stereocenters. The molecule has 0 saturated heterocycles. The van der Waals surface area contributed by atoms with Gasteiger partial charge in [0.15, 0.2) is 0 Å². The average Bonchev–Trinajstić information content (AvgIpc) is 3.68. The fourth-order valence-corrected chi connectivity index (χ4v) is 7.28. The maximum atomic E-state index is 5.38. The zero-order valence-electron chi connectivity index (χ0n) is 25.9. The molecule has 0 spiro atoms. The molecule has 5 nitrogen and oxygen atoms in total. The summed E-state index contributed by atoms with van der Waals surface area (Å²) in [5, 5.41) is 4.73. The predicted octanol–water partition coefficient (Wildman–Crippen LogP) is 9.74. The highest BCUT2D eigenvalue weighted by Gasteiger charge is 2.26. The number of rotatable bonds is 4. The lowest BCUT2D eigenvalue weighted by Crippen LogP contribution is -2.28. The van der Waals surface area contributed by atoms with E-state index in [9.17, 15) is 0 Å². The number of benzene rings is 6. The summed E-state index contributed by atoms with van der Waals surface area (Å²) in [5.41, 5.74) is 9.76. The molecule has 10 aromatic rings. The van der Waals surface area contributed by atoms with E-state index in [0.717, 1.165) is 55.6 Å². The topological polar surface area (TPSA) is 39.7 Å². The van der Waals surface area contributed by atoms with Gasteiger partial charge in [-0.1, -0.05) is 115 Å². The van der Waals surface area contributed by atoms with Crippen LogP contribution >= 0.6 is 0 Å². The molecule has 4 heterocycles. The quantitative estimate of drug-likeness (QED) is 0.185. The fraction of sp³-hybridized carbons (Fsp3) is 0. The van der Waals surface area contributed by atoms with Gasteiger partial charge in [0.2, 0.25) is 0 Å². The van der Waals surface area contributed by atoms with Gasteiger partial charge in [0.05, 0.1) is 33.8 Å². The first-order chi connectivity index (χ1) is 23.8. The van der Waals surface area contributed by atoms with Gasteiger partial charge in [0.1, 0.15) is 0 Å². The lowest BCUT2D eigenvalue weighted by Gasteiger charge is -2.10. The predicted molar refractivity (Wildman–Crippen MR) is 195 cm³/mol. The van der Waals surface area contributed by atoms with Gasteiger partial charge >= 0.3 is 5.95 Å². The van der Waals surface area contributed by atoms with Crippen LogP contribution in [-0.2, 0) is 0 Å². The average molecular weight is 615 g/mol. The Balaban J connectivity index is 1.32. The van der Waals surface area contributed by atoms with Crippen molar-refractivity contribution in [2.75, 3.05) is 0 Å². The van der Waals surface area contributed by atoms with Crippen molar-refractivity contribution < 1.29 is 4.40 Å². The molecule has 0 N–H and O–H groups in total. The Morgan fingerprint density at radius 2 is 0.938 bits per heavy atom. The Labute approximate surface area is 276 Å². The summed E-state index contributed by atoms with van der Waals surface area (Å²) in [6.07, 6.45) is 2.04. The third-order valence-electron chi connectivity index (χ3n) is 9.42. The third-order valence-corrected chi connectivity index (χ3v) is 9.42. The Morgan fingerprint density at radius 1 is 0.396 bits per heavy atom. The van der Waals surface area contributed by atoms with Crippen molar-refractivity contribution in [3.05, 3.63) is 170 Å². The lowest BCUT2D eigenvalue weighted by atomic mass is 10.0. The van der Waals surface area contributed by atoms with E-state index in [2.05, 4.69) is 159 Å². The Kier molecular flexibility index (Phi) is 5.81. The van der Waals surface area contributed by atoms with Crippen LogP contribution in [0.3, 0.4) is 0 Å². The van der Waals surface area contributed by atoms with E-state index in [4.69, 9.17) is 9.97 Å². The van der Waals surface area contributed by atoms with Crippen molar-refractivity contribution in [3.63, 3.8) is 0 Å². The van der Waals surface area contributed by atoms with Crippen LogP contribution in [0.15, 0.2) is 170 Å². The Morgan fingerprint density at radius 3 is 1.65 bits per heavy atom. The van der Waals surface area contributed by atoms with E-state index in [1.54, 1.807) is 0 Å². The van der Waals surface area contributed by atoms with E-state index >= 15 is 0 Å². The van der Waals surface area contributed by atoms with Crippen LogP contribution in [0.1, 0.15) is 0 Å². The molecule has 0 aliphatic heterocycles. The number of nitrogens with zero attached hydrogens (tertiary/aromatic N) is 5. The summed E-state index contributed by atoms with van der Waals surface area (Å²) in [6.45, 7) is 0. The van der Waals surface area contributed by atoms with Gasteiger partial charge < -0.3 is 4.57 Å². The first kappa shape index (κ1) is 26.6. The van der Waals surface area contributed by atoms with E-state index in [1.807, 2.05) is 24.4 Å². The molecular weight excluding hydrogens is 587 g/mol. The number of para-hydroxylation sites is 3. The molecule has 0 radical (unpaired) electrons. The number of hydrogen-bond acceptors (Lipinski definition) is 2. The van der Waals surface area contributed by atoms with Gasteiger partial charge in [-0.3, -0.25) is 0 Å². The van der Waals surface area contributed by atoms with E-state index in [0.29, 0.717) is 5.95 Å². The van der Waals surface area contributed by atoms with E-state index < -0.39 is 0 Å². The van der Waals surface area contributed by atoms with Gasteiger partial charge in [-0.2, -0.15) is 4.40 Å². The molecule has 0 aliphatic carbocycles. The zero-order valence-corrected chi connectivity index (χ0v) is 25.9. The molecule has 0 bridgehead atoms. The minimum absolute atomic E-state index is 0.631. The highest BCUT2D eigenvalue weighted by Crippen LogP contribution is 2.41. The Bertz CT molecular complexity index is 2810. The molecule has 5 heteroatoms. The first-order valence-corrected chi connectivity index (χ1v) is 16.2. The molecule has 6 aromatic carbocycles. The van der Waals surface area contributed by atoms with Gasteiger partial charge in [0, 0.05) is 33.3 Å². The van der Waals surface area contributed by atoms with Crippen molar-refractivity contribution in [3.8, 4) is 34.2 Å². The summed E-state index contributed by atoms with van der Waals surface area (Å²) in [5.74, 6) is 1.46. The second-order valence-corrected chi connectivity index (χ2v) is 12.1. The van der Waals surface area contributed by atoms with E-state index in [1.165, 1.54) is 21.9 Å². The number of fused-ring (bicyclic) bond motifs is 8. The second kappa shape index (κ2) is 10.5. The molecule has 48 heavy (non-hydrogen) atoms. The van der Waals surface area contributed by atoms with Crippen LogP contribution in [0.2, 0.25) is 0 Å². The Hall–Kier alpha value is -6.59. The normalized spacial score (nSPS) is 11.8. The number of hydrogen-bond donors (Lipinski definition) is 0. The number of pyridine rings is 1. The zero-order chi connectivity index (χ0) is 31.6. The highest BCUT2D eigenvalue weighted by molar-refractivity contribution is 6.23. The fourth-order valence-electron chi connectivity index (χ4n) is 7.28. The lowest BCUT2D eigenvalue weighted by molar-refractivity contribution is -0.505. The van der Waals surface area contributed by atoms with Crippen molar-refractivity contribution in [1.29, 1.82) is 0 Å².